The Kier molecular flexibility index (Phi) is 11.6. The highest BCUT2D eigenvalue weighted by molar-refractivity contribution is 5.90. The van der Waals surface area contributed by atoms with E-state index in [0.717, 1.165) is 11.3 Å². The number of nitrogens with zero attached hydrogens (tertiary/aromatic N) is 2. The number of carbonyl (C=O) groups is 3. The van der Waals surface area contributed by atoms with Crippen molar-refractivity contribution in [1.82, 2.24) is 0 Å². The van der Waals surface area contributed by atoms with Crippen LogP contribution in [0.4, 0.5) is 22.7 Å². The molecule has 13 heteroatoms. The van der Waals surface area contributed by atoms with Crippen LogP contribution in [0, 0.1) is 20.2 Å². The number of aldehydes is 1. The van der Waals surface area contributed by atoms with E-state index in [1.54, 1.807) is 30.3 Å². The maximum atomic E-state index is 10.8. The lowest BCUT2D eigenvalue weighted by atomic mass is 10.1. The third-order valence-electron chi connectivity index (χ3n) is 5.12. The van der Waals surface area contributed by atoms with Gasteiger partial charge in [0.15, 0.2) is 0 Å². The normalized spacial score (nSPS) is 9.56. The van der Waals surface area contributed by atoms with Crippen LogP contribution in [0.5, 0.6) is 0 Å². The summed E-state index contributed by atoms with van der Waals surface area (Å²) in [7, 11) is 0. The minimum atomic E-state index is -1.02. The molecule has 0 aliphatic heterocycles. The molecule has 0 bridgehead atoms. The number of nitrogens with one attached hydrogen (secondary N) is 1. The highest BCUT2D eigenvalue weighted by atomic mass is 16.6. The Morgan fingerprint density at radius 2 is 1.24 bits per heavy atom. The molecule has 0 amide bonds. The first kappa shape index (κ1) is 31.1. The average Bonchev–Trinajstić information content (AvgIpc) is 2.97. The minimum absolute atomic E-state index is 0.0309. The van der Waals surface area contributed by atoms with Gasteiger partial charge in [-0.1, -0.05) is 24.3 Å². The predicted molar refractivity (Wildman–Crippen MR) is 150 cm³/mol. The number of nitrogens with two attached hydrogens (primary N) is 1. The monoisotopic (exact) mass is 560 g/mol. The zero-order valence-corrected chi connectivity index (χ0v) is 21.2. The Balaban J connectivity index is 0.000000236. The van der Waals surface area contributed by atoms with Crippen molar-refractivity contribution < 1.29 is 34.4 Å². The lowest BCUT2D eigenvalue weighted by Crippen LogP contribution is -2.02. The highest BCUT2D eigenvalue weighted by Gasteiger charge is 2.06. The van der Waals surface area contributed by atoms with Crippen molar-refractivity contribution in [3.05, 3.63) is 140 Å². The smallest absolute Gasteiger partial charge is 0.335 e. The van der Waals surface area contributed by atoms with Crippen LogP contribution in [0.2, 0.25) is 0 Å². The number of carboxylic acids is 2. The lowest BCUT2D eigenvalue weighted by Gasteiger charge is -2.07. The molecule has 0 saturated carbocycles. The first-order valence-corrected chi connectivity index (χ1v) is 11.6. The van der Waals surface area contributed by atoms with Crippen LogP contribution in [0.25, 0.3) is 0 Å². The first-order chi connectivity index (χ1) is 19.5. The quantitative estimate of drug-likeness (QED) is 0.0940. The Morgan fingerprint density at radius 3 is 1.73 bits per heavy atom. The Morgan fingerprint density at radius 1 is 0.756 bits per heavy atom. The van der Waals surface area contributed by atoms with Crippen molar-refractivity contribution in [1.29, 1.82) is 0 Å². The van der Waals surface area contributed by atoms with Crippen molar-refractivity contribution >= 4 is 41.0 Å². The molecule has 4 rings (SSSR count). The molecule has 4 aromatic rings. The lowest BCUT2D eigenvalue weighted by molar-refractivity contribution is -0.385. The fraction of sp³-hybridized carbons (Fsp3) is 0.0357. The van der Waals surface area contributed by atoms with E-state index in [1.165, 1.54) is 60.7 Å². The van der Waals surface area contributed by atoms with Gasteiger partial charge in [0, 0.05) is 47.7 Å². The number of nitrogen functional groups attached to an aromatic ring is 1. The second-order valence-corrected chi connectivity index (χ2v) is 8.06. The van der Waals surface area contributed by atoms with Gasteiger partial charge in [-0.05, 0) is 54.1 Å². The van der Waals surface area contributed by atoms with Crippen molar-refractivity contribution in [2.45, 2.75) is 6.54 Å². The maximum absolute atomic E-state index is 10.8. The van der Waals surface area contributed by atoms with Gasteiger partial charge in [0.2, 0.25) is 0 Å². The van der Waals surface area contributed by atoms with E-state index in [1.807, 2.05) is 6.07 Å². The van der Waals surface area contributed by atoms with Gasteiger partial charge in [0.25, 0.3) is 11.4 Å². The van der Waals surface area contributed by atoms with E-state index in [9.17, 15) is 34.6 Å². The fourth-order valence-electron chi connectivity index (χ4n) is 3.06. The topological polar surface area (TPSA) is 216 Å². The predicted octanol–water partition coefficient (Wildman–Crippen LogP) is 5.28. The summed E-state index contributed by atoms with van der Waals surface area (Å²) in [5.74, 6) is -1.99. The van der Waals surface area contributed by atoms with Gasteiger partial charge in [-0.3, -0.25) is 25.0 Å². The molecule has 4 aromatic carbocycles. The number of hydrogen-bond donors (Lipinski definition) is 4. The molecule has 0 unspecified atom stereocenters. The minimum Gasteiger partial charge on any atom is -0.478 e. The van der Waals surface area contributed by atoms with Crippen molar-refractivity contribution in [2.24, 2.45) is 0 Å². The Bertz CT molecular complexity index is 1520. The van der Waals surface area contributed by atoms with E-state index in [0.29, 0.717) is 24.1 Å². The van der Waals surface area contributed by atoms with Crippen LogP contribution < -0.4 is 11.1 Å². The number of carbonyl (C=O) groups excluding carboxylic acids is 1. The number of benzene rings is 4. The summed E-state index contributed by atoms with van der Waals surface area (Å²) in [6, 6.07) is 24.2. The van der Waals surface area contributed by atoms with E-state index in [4.69, 9.17) is 15.9 Å². The molecule has 0 spiro atoms. The SMILES string of the molecule is Nc1ccc([N+](=O)[O-])cc1.O=C(O)c1cccc(CNc2ccc([N+](=O)[O-])cc2)c1.O=Cc1cccc(C(=O)O)c1. The highest BCUT2D eigenvalue weighted by Crippen LogP contribution is 2.16. The summed E-state index contributed by atoms with van der Waals surface area (Å²) in [6.45, 7) is 0.443. The summed E-state index contributed by atoms with van der Waals surface area (Å²) in [4.78, 5) is 51.1. The first-order valence-electron chi connectivity index (χ1n) is 11.6. The van der Waals surface area contributed by atoms with Crippen LogP contribution in [0.3, 0.4) is 0 Å². The molecule has 13 nitrogen and oxygen atoms in total. The number of nitro benzene ring substituents is 2. The molecule has 210 valence electrons. The molecule has 0 fully saturated rings. The van der Waals surface area contributed by atoms with Crippen LogP contribution in [-0.2, 0) is 6.54 Å². The van der Waals surface area contributed by atoms with Crippen LogP contribution in [0.15, 0.2) is 97.1 Å². The number of aromatic carboxylic acids is 2. The van der Waals surface area contributed by atoms with E-state index < -0.39 is 21.8 Å². The van der Waals surface area contributed by atoms with Gasteiger partial charge in [-0.2, -0.15) is 0 Å². The van der Waals surface area contributed by atoms with Crippen LogP contribution in [-0.4, -0.2) is 38.3 Å². The second kappa shape index (κ2) is 15.3. The number of anilines is 2. The molecule has 0 aliphatic rings. The molecule has 0 aromatic heterocycles. The van der Waals surface area contributed by atoms with Crippen molar-refractivity contribution in [3.8, 4) is 0 Å². The third-order valence-corrected chi connectivity index (χ3v) is 5.12. The van der Waals surface area contributed by atoms with Crippen LogP contribution in [0.1, 0.15) is 36.6 Å². The zero-order valence-electron chi connectivity index (χ0n) is 21.2. The summed E-state index contributed by atoms with van der Waals surface area (Å²) in [5.41, 5.74) is 8.23. The molecule has 0 saturated heterocycles. The average molecular weight is 561 g/mol. The molecular formula is C28H24N4O9. The standard InChI is InChI=1S/C14H12N2O4.C8H6O3.C6H6N2O2/c17-14(18)11-3-1-2-10(8-11)9-15-12-4-6-13(7-5-12)16(19)20;9-5-6-2-1-3-7(4-6)8(10)11;7-5-1-3-6(4-2-5)8(9)10/h1-8,15H,9H2,(H,17,18);1-5H,(H,10,11);1-4H,7H2. The molecule has 0 radical (unpaired) electrons. The van der Waals surface area contributed by atoms with Gasteiger partial charge in [0.1, 0.15) is 6.29 Å². The van der Waals surface area contributed by atoms with Crippen LogP contribution >= 0.6 is 0 Å². The summed E-state index contributed by atoms with van der Waals surface area (Å²) < 4.78 is 0. The molecule has 5 N–H and O–H groups in total. The largest absolute Gasteiger partial charge is 0.478 e. The summed E-state index contributed by atoms with van der Waals surface area (Å²) in [6.07, 6.45) is 0.617. The van der Waals surface area contributed by atoms with Crippen molar-refractivity contribution in [2.75, 3.05) is 11.1 Å². The fourth-order valence-corrected chi connectivity index (χ4v) is 3.06. The molecular weight excluding hydrogens is 536 g/mol. The number of rotatable bonds is 8. The third kappa shape index (κ3) is 10.6. The zero-order chi connectivity index (χ0) is 30.4. The van der Waals surface area contributed by atoms with Gasteiger partial charge < -0.3 is 21.3 Å². The molecule has 0 atom stereocenters. The Hall–Kier alpha value is -6.11. The number of non-ortho nitro benzene ring substituents is 2. The van der Waals surface area contributed by atoms with Gasteiger partial charge in [-0.15, -0.1) is 0 Å². The number of hydrogen-bond acceptors (Lipinski definition) is 9. The molecule has 0 heterocycles. The van der Waals surface area contributed by atoms with Gasteiger partial charge in [-0.25, -0.2) is 9.59 Å². The molecule has 41 heavy (non-hydrogen) atoms. The van der Waals surface area contributed by atoms with Gasteiger partial charge in [0.05, 0.1) is 21.0 Å². The molecule has 0 aliphatic carbocycles. The van der Waals surface area contributed by atoms with Gasteiger partial charge >= 0.3 is 11.9 Å². The summed E-state index contributed by atoms with van der Waals surface area (Å²) in [5, 5.41) is 41.1. The van der Waals surface area contributed by atoms with E-state index in [2.05, 4.69) is 5.32 Å². The Labute approximate surface area is 232 Å². The van der Waals surface area contributed by atoms with Crippen molar-refractivity contribution in [3.63, 3.8) is 0 Å². The second-order valence-electron chi connectivity index (χ2n) is 8.06. The van der Waals surface area contributed by atoms with E-state index in [-0.39, 0.29) is 22.5 Å². The maximum Gasteiger partial charge on any atom is 0.335 e. The van der Waals surface area contributed by atoms with E-state index >= 15 is 0 Å². The summed E-state index contributed by atoms with van der Waals surface area (Å²) >= 11 is 0. The number of carboxylic acid groups (broad SMARTS) is 2. The number of nitro groups is 2.